The highest BCUT2D eigenvalue weighted by Crippen LogP contribution is 2.40. The van der Waals surface area contributed by atoms with Crippen molar-refractivity contribution in [3.05, 3.63) is 75.4 Å². The highest BCUT2D eigenvalue weighted by Gasteiger charge is 2.34. The second-order valence-corrected chi connectivity index (χ2v) is 7.78. The lowest BCUT2D eigenvalue weighted by atomic mass is 9.94. The Labute approximate surface area is 175 Å². The molecule has 3 aromatic heterocycles. The lowest BCUT2D eigenvalue weighted by Crippen LogP contribution is -2.37. The predicted molar refractivity (Wildman–Crippen MR) is 110 cm³/mol. The molecule has 0 saturated heterocycles. The van der Waals surface area contributed by atoms with Crippen LogP contribution < -0.4 is 4.90 Å². The first-order valence-electron chi connectivity index (χ1n) is 9.03. The summed E-state index contributed by atoms with van der Waals surface area (Å²) in [7, 11) is 0. The van der Waals surface area contributed by atoms with Crippen molar-refractivity contribution < 1.29 is 4.39 Å². The van der Waals surface area contributed by atoms with Crippen molar-refractivity contribution in [2.75, 3.05) is 11.4 Å². The van der Waals surface area contributed by atoms with Gasteiger partial charge < -0.3 is 9.88 Å². The molecular formula is C20H15Cl2FN6. The summed E-state index contributed by atoms with van der Waals surface area (Å²) in [6.07, 6.45) is 7.46. The number of halogens is 3. The number of rotatable bonds is 2. The zero-order valence-electron chi connectivity index (χ0n) is 15.3. The van der Waals surface area contributed by atoms with Crippen molar-refractivity contribution in [1.82, 2.24) is 24.9 Å². The van der Waals surface area contributed by atoms with Gasteiger partial charge in [-0.25, -0.2) is 24.3 Å². The molecule has 0 spiro atoms. The average molecular weight is 429 g/mol. The van der Waals surface area contributed by atoms with Crippen LogP contribution in [0.15, 0.2) is 36.9 Å². The summed E-state index contributed by atoms with van der Waals surface area (Å²) in [5.74, 6) is 0.781. The Balaban J connectivity index is 1.71. The highest BCUT2D eigenvalue weighted by molar-refractivity contribution is 6.31. The number of H-pyrrole nitrogens is 1. The molecule has 5 rings (SSSR count). The second kappa shape index (κ2) is 6.93. The van der Waals surface area contributed by atoms with E-state index in [-0.39, 0.29) is 11.1 Å². The first-order chi connectivity index (χ1) is 14.0. The van der Waals surface area contributed by atoms with E-state index in [1.807, 2.05) is 6.92 Å². The minimum Gasteiger partial charge on any atom is -0.356 e. The van der Waals surface area contributed by atoms with Crippen LogP contribution in [-0.4, -0.2) is 31.5 Å². The van der Waals surface area contributed by atoms with Gasteiger partial charge in [-0.3, -0.25) is 0 Å². The minimum atomic E-state index is -0.453. The third kappa shape index (κ3) is 3.10. The predicted octanol–water partition coefficient (Wildman–Crippen LogP) is 4.65. The van der Waals surface area contributed by atoms with Gasteiger partial charge in [0.25, 0.3) is 0 Å². The molecule has 1 aliphatic rings. The fourth-order valence-corrected chi connectivity index (χ4v) is 4.11. The Kier molecular flexibility index (Phi) is 4.37. The molecule has 0 aliphatic carbocycles. The van der Waals surface area contributed by atoms with E-state index >= 15 is 0 Å². The van der Waals surface area contributed by atoms with E-state index in [0.717, 1.165) is 28.6 Å². The van der Waals surface area contributed by atoms with Crippen LogP contribution >= 0.6 is 23.2 Å². The van der Waals surface area contributed by atoms with Gasteiger partial charge in [-0.05, 0) is 31.0 Å². The van der Waals surface area contributed by atoms with Gasteiger partial charge in [-0.15, -0.1) is 0 Å². The van der Waals surface area contributed by atoms with Crippen molar-refractivity contribution >= 4 is 40.1 Å². The van der Waals surface area contributed by atoms with Crippen molar-refractivity contribution in [3.8, 4) is 0 Å². The summed E-state index contributed by atoms with van der Waals surface area (Å²) >= 11 is 12.0. The van der Waals surface area contributed by atoms with Crippen molar-refractivity contribution in [3.63, 3.8) is 0 Å². The number of aromatic nitrogens is 5. The van der Waals surface area contributed by atoms with E-state index in [9.17, 15) is 4.39 Å². The van der Waals surface area contributed by atoms with E-state index in [1.54, 1.807) is 30.9 Å². The first kappa shape index (κ1) is 18.3. The third-order valence-corrected chi connectivity index (χ3v) is 5.63. The molecule has 1 atom stereocenters. The molecule has 4 aromatic rings. The van der Waals surface area contributed by atoms with Gasteiger partial charge in [0.15, 0.2) is 0 Å². The Hall–Kier alpha value is -2.77. The SMILES string of the molecule is Cc1ncc(C2c3[nH]c4cc(F)c(Cl)cc4c3CCN2c2ncc(Cl)cn2)cn1. The van der Waals surface area contributed by atoms with E-state index in [1.165, 1.54) is 6.07 Å². The Morgan fingerprint density at radius 3 is 2.52 bits per heavy atom. The normalized spacial score (nSPS) is 16.3. The number of nitrogens with one attached hydrogen (secondary N) is 1. The molecule has 1 aliphatic heterocycles. The zero-order valence-corrected chi connectivity index (χ0v) is 16.8. The van der Waals surface area contributed by atoms with Crippen molar-refractivity contribution in [2.24, 2.45) is 0 Å². The molecule has 4 heterocycles. The van der Waals surface area contributed by atoms with Crippen LogP contribution in [-0.2, 0) is 6.42 Å². The Morgan fingerprint density at radius 1 is 1.07 bits per heavy atom. The molecule has 29 heavy (non-hydrogen) atoms. The number of aromatic amines is 1. The summed E-state index contributed by atoms with van der Waals surface area (Å²) in [6.45, 7) is 2.50. The first-order valence-corrected chi connectivity index (χ1v) is 9.79. The van der Waals surface area contributed by atoms with Crippen LogP contribution in [0.4, 0.5) is 10.3 Å². The van der Waals surface area contributed by atoms with E-state index in [0.29, 0.717) is 28.9 Å². The smallest absolute Gasteiger partial charge is 0.226 e. The van der Waals surface area contributed by atoms with E-state index in [4.69, 9.17) is 23.2 Å². The molecule has 0 radical (unpaired) electrons. The van der Waals surface area contributed by atoms with Gasteiger partial charge in [-0.1, -0.05) is 23.2 Å². The second-order valence-electron chi connectivity index (χ2n) is 6.94. The number of hydrogen-bond donors (Lipinski definition) is 1. The summed E-state index contributed by atoms with van der Waals surface area (Å²) < 4.78 is 14.0. The largest absolute Gasteiger partial charge is 0.356 e. The lowest BCUT2D eigenvalue weighted by molar-refractivity contribution is 0.621. The van der Waals surface area contributed by atoms with Crippen molar-refractivity contribution in [2.45, 2.75) is 19.4 Å². The van der Waals surface area contributed by atoms with Crippen LogP contribution in [0, 0.1) is 12.7 Å². The third-order valence-electron chi connectivity index (χ3n) is 5.15. The monoisotopic (exact) mass is 428 g/mol. The molecule has 0 bridgehead atoms. The molecule has 0 saturated carbocycles. The number of hydrogen-bond acceptors (Lipinski definition) is 5. The zero-order chi connectivity index (χ0) is 20.1. The van der Waals surface area contributed by atoms with Gasteiger partial charge in [0.1, 0.15) is 17.7 Å². The number of benzene rings is 1. The molecular weight excluding hydrogens is 414 g/mol. The van der Waals surface area contributed by atoms with Gasteiger partial charge in [-0.2, -0.15) is 0 Å². The van der Waals surface area contributed by atoms with Gasteiger partial charge >= 0.3 is 0 Å². The molecule has 6 nitrogen and oxygen atoms in total. The molecule has 1 unspecified atom stereocenters. The summed E-state index contributed by atoms with van der Waals surface area (Å²) in [4.78, 5) is 23.0. The van der Waals surface area contributed by atoms with Crippen LogP contribution in [0.25, 0.3) is 10.9 Å². The Bertz CT molecular complexity index is 1210. The standard InChI is InChI=1S/C20H15Cl2FN6/c1-10-24-6-11(7-25-10)19-18-13(14-4-15(22)16(23)5-17(14)28-18)2-3-29(19)20-26-8-12(21)9-27-20/h4-9,19,28H,2-3H2,1H3. The topological polar surface area (TPSA) is 70.6 Å². The summed E-state index contributed by atoms with van der Waals surface area (Å²) in [5.41, 5.74) is 3.61. The molecule has 1 aromatic carbocycles. The molecule has 146 valence electrons. The maximum atomic E-state index is 14.0. The maximum Gasteiger partial charge on any atom is 0.226 e. The van der Waals surface area contributed by atoms with Gasteiger partial charge in [0.05, 0.1) is 22.4 Å². The fourth-order valence-electron chi connectivity index (χ4n) is 3.85. The average Bonchev–Trinajstić information content (AvgIpc) is 3.06. The fraction of sp³-hybridized carbons (Fsp3) is 0.200. The number of nitrogens with zero attached hydrogens (tertiary/aromatic N) is 5. The Morgan fingerprint density at radius 2 is 1.79 bits per heavy atom. The highest BCUT2D eigenvalue weighted by atomic mass is 35.5. The van der Waals surface area contributed by atoms with Gasteiger partial charge in [0, 0.05) is 41.1 Å². The van der Waals surface area contributed by atoms with Crippen LogP contribution in [0.2, 0.25) is 10.0 Å². The summed E-state index contributed by atoms with van der Waals surface area (Å²) in [5, 5.41) is 1.50. The van der Waals surface area contributed by atoms with Crippen LogP contribution in [0.5, 0.6) is 0 Å². The maximum absolute atomic E-state index is 14.0. The lowest BCUT2D eigenvalue weighted by Gasteiger charge is -2.35. The number of aryl methyl sites for hydroxylation is 1. The molecule has 0 amide bonds. The number of anilines is 1. The van der Waals surface area contributed by atoms with E-state index in [2.05, 4.69) is 29.8 Å². The van der Waals surface area contributed by atoms with E-state index < -0.39 is 5.82 Å². The molecule has 9 heteroatoms. The molecule has 1 N–H and O–H groups in total. The van der Waals surface area contributed by atoms with Crippen LogP contribution in [0.1, 0.15) is 28.7 Å². The van der Waals surface area contributed by atoms with Crippen molar-refractivity contribution in [1.29, 1.82) is 0 Å². The van der Waals surface area contributed by atoms with Gasteiger partial charge in [0.2, 0.25) is 5.95 Å². The quantitative estimate of drug-likeness (QED) is 0.502. The molecule has 0 fully saturated rings. The minimum absolute atomic E-state index is 0.109. The van der Waals surface area contributed by atoms with Crippen LogP contribution in [0.3, 0.4) is 0 Å². The summed E-state index contributed by atoms with van der Waals surface area (Å²) in [6, 6.07) is 2.86. The number of fused-ring (bicyclic) bond motifs is 3.